The van der Waals surface area contributed by atoms with Crippen LogP contribution >= 0.6 is 0 Å². The van der Waals surface area contributed by atoms with Gasteiger partial charge in [0.25, 0.3) is 5.69 Å². The van der Waals surface area contributed by atoms with Crippen molar-refractivity contribution in [2.24, 2.45) is 0 Å². The first kappa shape index (κ1) is 11.5. The van der Waals surface area contributed by atoms with Crippen molar-refractivity contribution in [1.29, 1.82) is 0 Å². The van der Waals surface area contributed by atoms with Gasteiger partial charge >= 0.3 is 0 Å². The van der Waals surface area contributed by atoms with Crippen LogP contribution in [0.25, 0.3) is 10.9 Å². The number of nitrogens with zero attached hydrogens (tertiary/aromatic N) is 3. The fourth-order valence-electron chi connectivity index (χ4n) is 2.31. The zero-order valence-electron chi connectivity index (χ0n) is 9.98. The number of hydrogen-bond donors (Lipinski definition) is 1. The van der Waals surface area contributed by atoms with Gasteiger partial charge in [-0.2, -0.15) is 0 Å². The van der Waals surface area contributed by atoms with E-state index in [0.717, 1.165) is 5.69 Å². The minimum atomic E-state index is -0.448. The van der Waals surface area contributed by atoms with E-state index in [0.29, 0.717) is 18.5 Å². The Morgan fingerprint density at radius 3 is 2.68 bits per heavy atom. The first-order valence-electron chi connectivity index (χ1n) is 5.83. The van der Waals surface area contributed by atoms with Crippen molar-refractivity contribution in [2.45, 2.75) is 0 Å². The van der Waals surface area contributed by atoms with E-state index in [-0.39, 0.29) is 17.0 Å². The van der Waals surface area contributed by atoms with E-state index in [4.69, 9.17) is 0 Å². The quantitative estimate of drug-likeness (QED) is 0.507. The number of hydrogen-bond acceptors (Lipinski definition) is 5. The predicted octanol–water partition coefficient (Wildman–Crippen LogP) is 2.22. The van der Waals surface area contributed by atoms with Crippen molar-refractivity contribution in [2.75, 3.05) is 18.0 Å². The van der Waals surface area contributed by atoms with Gasteiger partial charge in [0, 0.05) is 25.4 Å². The monoisotopic (exact) mass is 257 g/mol. The largest absolute Gasteiger partial charge is 0.506 e. The fraction of sp³-hybridized carbons (Fsp3) is 0.154. The van der Waals surface area contributed by atoms with E-state index in [1.165, 1.54) is 12.1 Å². The third-order valence-electron chi connectivity index (χ3n) is 3.18. The number of non-ortho nitro benzene ring substituents is 1. The van der Waals surface area contributed by atoms with Gasteiger partial charge in [-0.15, -0.1) is 0 Å². The molecule has 0 spiro atoms. The fourth-order valence-corrected chi connectivity index (χ4v) is 2.31. The van der Waals surface area contributed by atoms with Gasteiger partial charge in [-0.25, -0.2) is 0 Å². The number of nitro benzene ring substituents is 1. The van der Waals surface area contributed by atoms with Crippen LogP contribution < -0.4 is 4.90 Å². The van der Waals surface area contributed by atoms with Crippen LogP contribution in [-0.4, -0.2) is 28.1 Å². The molecule has 1 aromatic heterocycles. The Morgan fingerprint density at radius 1 is 1.26 bits per heavy atom. The SMILES string of the molecule is O=[N+]([O-])c1ccc(O)c2nccc(N3CC=CC3)c12. The Kier molecular flexibility index (Phi) is 2.56. The van der Waals surface area contributed by atoms with Gasteiger partial charge in [-0.05, 0) is 12.1 Å². The van der Waals surface area contributed by atoms with Crippen LogP contribution in [0.5, 0.6) is 5.75 Å². The Morgan fingerprint density at radius 2 is 2.00 bits per heavy atom. The standard InChI is InChI=1S/C13H11N3O3/c17-11-4-3-10(16(18)19)12-9(5-6-14-13(11)12)15-7-1-2-8-15/h1-6,17H,7-8H2. The molecule has 0 fully saturated rings. The van der Waals surface area contributed by atoms with Crippen LogP contribution in [0.3, 0.4) is 0 Å². The van der Waals surface area contributed by atoms with Crippen molar-refractivity contribution >= 4 is 22.3 Å². The maximum atomic E-state index is 11.2. The third-order valence-corrected chi connectivity index (χ3v) is 3.18. The second kappa shape index (κ2) is 4.24. The Balaban J connectivity index is 2.32. The summed E-state index contributed by atoms with van der Waals surface area (Å²) in [6, 6.07) is 4.35. The lowest BCUT2D eigenvalue weighted by Gasteiger charge is -2.19. The zero-order chi connectivity index (χ0) is 13.4. The van der Waals surface area contributed by atoms with E-state index in [1.807, 2.05) is 17.1 Å². The lowest BCUT2D eigenvalue weighted by molar-refractivity contribution is -0.383. The molecule has 0 saturated carbocycles. The number of nitro groups is 1. The molecular formula is C13H11N3O3. The van der Waals surface area contributed by atoms with Crippen LogP contribution in [0.1, 0.15) is 0 Å². The minimum Gasteiger partial charge on any atom is -0.506 e. The molecule has 96 valence electrons. The molecule has 0 atom stereocenters. The van der Waals surface area contributed by atoms with E-state index in [9.17, 15) is 15.2 Å². The smallest absolute Gasteiger partial charge is 0.281 e. The highest BCUT2D eigenvalue weighted by atomic mass is 16.6. The molecule has 6 nitrogen and oxygen atoms in total. The van der Waals surface area contributed by atoms with Crippen molar-refractivity contribution < 1.29 is 10.0 Å². The molecule has 0 bridgehead atoms. The highest BCUT2D eigenvalue weighted by molar-refractivity contribution is 6.01. The summed E-state index contributed by atoms with van der Waals surface area (Å²) in [4.78, 5) is 16.8. The first-order valence-corrected chi connectivity index (χ1v) is 5.83. The number of phenols is 1. The number of aromatic hydroxyl groups is 1. The maximum absolute atomic E-state index is 11.2. The minimum absolute atomic E-state index is 0.0391. The van der Waals surface area contributed by atoms with Crippen LogP contribution in [0.2, 0.25) is 0 Å². The molecule has 0 amide bonds. The molecule has 2 heterocycles. The highest BCUT2D eigenvalue weighted by Crippen LogP contribution is 2.37. The van der Waals surface area contributed by atoms with Gasteiger partial charge in [0.15, 0.2) is 0 Å². The number of aromatic nitrogens is 1. The molecule has 1 N–H and O–H groups in total. The average molecular weight is 257 g/mol. The molecule has 0 saturated heterocycles. The molecule has 0 radical (unpaired) electrons. The topological polar surface area (TPSA) is 79.5 Å². The number of anilines is 1. The van der Waals surface area contributed by atoms with E-state index < -0.39 is 4.92 Å². The molecule has 3 rings (SSSR count). The summed E-state index contributed by atoms with van der Waals surface area (Å²) in [5, 5.41) is 21.4. The molecule has 6 heteroatoms. The van der Waals surface area contributed by atoms with Gasteiger partial charge in [0.1, 0.15) is 16.7 Å². The van der Waals surface area contributed by atoms with Gasteiger partial charge in [-0.1, -0.05) is 12.2 Å². The predicted molar refractivity (Wildman–Crippen MR) is 71.4 cm³/mol. The molecule has 0 aliphatic carbocycles. The zero-order valence-corrected chi connectivity index (χ0v) is 9.98. The maximum Gasteiger partial charge on any atom is 0.281 e. The Labute approximate surface area is 108 Å². The lowest BCUT2D eigenvalue weighted by atomic mass is 10.1. The summed E-state index contributed by atoms with van der Waals surface area (Å²) in [5.41, 5.74) is 0.944. The Hall–Kier alpha value is -2.63. The summed E-state index contributed by atoms with van der Waals surface area (Å²) in [7, 11) is 0. The second-order valence-corrected chi connectivity index (χ2v) is 4.29. The molecule has 1 aliphatic heterocycles. The van der Waals surface area contributed by atoms with Gasteiger partial charge in [0.05, 0.1) is 10.6 Å². The second-order valence-electron chi connectivity index (χ2n) is 4.29. The molecule has 19 heavy (non-hydrogen) atoms. The van der Waals surface area contributed by atoms with Crippen LogP contribution in [-0.2, 0) is 0 Å². The third kappa shape index (κ3) is 1.77. The molecule has 2 aromatic rings. The number of rotatable bonds is 2. The first-order chi connectivity index (χ1) is 9.18. The van der Waals surface area contributed by atoms with Gasteiger partial charge in [0.2, 0.25) is 0 Å². The summed E-state index contributed by atoms with van der Waals surface area (Å²) >= 11 is 0. The van der Waals surface area contributed by atoms with E-state index in [1.54, 1.807) is 12.3 Å². The van der Waals surface area contributed by atoms with Crippen molar-refractivity contribution in [3.05, 3.63) is 46.7 Å². The summed E-state index contributed by atoms with van der Waals surface area (Å²) < 4.78 is 0. The lowest BCUT2D eigenvalue weighted by Crippen LogP contribution is -2.19. The molecule has 1 aromatic carbocycles. The highest BCUT2D eigenvalue weighted by Gasteiger charge is 2.21. The molecule has 1 aliphatic rings. The Bertz CT molecular complexity index is 689. The van der Waals surface area contributed by atoms with E-state index >= 15 is 0 Å². The van der Waals surface area contributed by atoms with Crippen molar-refractivity contribution in [3.63, 3.8) is 0 Å². The number of phenolic OH excluding ortho intramolecular Hbond substituents is 1. The van der Waals surface area contributed by atoms with Crippen molar-refractivity contribution in [1.82, 2.24) is 4.98 Å². The van der Waals surface area contributed by atoms with Crippen molar-refractivity contribution in [3.8, 4) is 5.75 Å². The van der Waals surface area contributed by atoms with Crippen LogP contribution in [0.15, 0.2) is 36.5 Å². The van der Waals surface area contributed by atoms with Gasteiger partial charge < -0.3 is 10.0 Å². The molecule has 0 unspecified atom stereocenters. The van der Waals surface area contributed by atoms with E-state index in [2.05, 4.69) is 4.98 Å². The van der Waals surface area contributed by atoms with Gasteiger partial charge in [-0.3, -0.25) is 15.1 Å². The normalized spacial score (nSPS) is 14.2. The van der Waals surface area contributed by atoms with Crippen LogP contribution in [0.4, 0.5) is 11.4 Å². The number of pyridine rings is 1. The number of benzene rings is 1. The summed E-state index contributed by atoms with van der Waals surface area (Å²) in [5.74, 6) is -0.0467. The number of fused-ring (bicyclic) bond motifs is 1. The molecular weight excluding hydrogens is 246 g/mol. The average Bonchev–Trinajstić information content (AvgIpc) is 2.92. The summed E-state index contributed by atoms with van der Waals surface area (Å²) in [6.45, 7) is 1.40. The summed E-state index contributed by atoms with van der Waals surface area (Å²) in [6.07, 6.45) is 5.56. The van der Waals surface area contributed by atoms with Crippen LogP contribution in [0, 0.1) is 10.1 Å².